The van der Waals surface area contributed by atoms with Crippen LogP contribution in [0, 0.1) is 6.92 Å². The summed E-state index contributed by atoms with van der Waals surface area (Å²) in [4.78, 5) is 12.1. The van der Waals surface area contributed by atoms with E-state index in [-0.39, 0.29) is 16.5 Å². The van der Waals surface area contributed by atoms with E-state index in [1.165, 1.54) is 11.8 Å². The Kier molecular flexibility index (Phi) is 4.97. The van der Waals surface area contributed by atoms with Gasteiger partial charge in [0.25, 0.3) is 0 Å². The van der Waals surface area contributed by atoms with Crippen molar-refractivity contribution in [2.45, 2.75) is 37.1 Å². The molecule has 1 aliphatic carbocycles. The molecular weight excluding hydrogens is 377 g/mol. The number of nitrogens with one attached hydrogen (secondary N) is 1. The number of thioether (sulfide) groups is 1. The molecule has 3 rings (SSSR count). The quantitative estimate of drug-likeness (QED) is 0.772. The molecule has 0 spiro atoms. The summed E-state index contributed by atoms with van der Waals surface area (Å²) in [6.07, 6.45) is -2.39. The van der Waals surface area contributed by atoms with Crippen molar-refractivity contribution in [2.75, 3.05) is 11.1 Å². The number of rotatable bonds is 5. The largest absolute Gasteiger partial charge is 0.416 e. The van der Waals surface area contributed by atoms with E-state index in [1.54, 1.807) is 0 Å². The number of alkyl halides is 3. The third kappa shape index (κ3) is 4.27. The van der Waals surface area contributed by atoms with Crippen molar-refractivity contribution < 1.29 is 18.0 Å². The van der Waals surface area contributed by atoms with Gasteiger partial charge < -0.3 is 9.88 Å². The Labute approximate surface area is 150 Å². The van der Waals surface area contributed by atoms with Gasteiger partial charge in [-0.2, -0.15) is 13.2 Å². The molecule has 0 atom stereocenters. The second kappa shape index (κ2) is 6.87. The molecule has 2 aromatic rings. The number of aryl methyl sites for hydroxylation is 1. The number of carbonyl (C=O) groups is 1. The molecule has 1 saturated carbocycles. The molecular formula is C15H14ClF3N4OS. The van der Waals surface area contributed by atoms with E-state index in [4.69, 9.17) is 11.6 Å². The molecule has 1 fully saturated rings. The van der Waals surface area contributed by atoms with Gasteiger partial charge in [-0.1, -0.05) is 23.4 Å². The predicted octanol–water partition coefficient (Wildman–Crippen LogP) is 4.32. The normalized spacial score (nSPS) is 14.6. The zero-order valence-corrected chi connectivity index (χ0v) is 14.7. The van der Waals surface area contributed by atoms with Crippen molar-refractivity contribution in [1.29, 1.82) is 0 Å². The average Bonchev–Trinajstić information content (AvgIpc) is 3.29. The molecule has 5 nitrogen and oxygen atoms in total. The number of anilines is 1. The smallest absolute Gasteiger partial charge is 0.324 e. The summed E-state index contributed by atoms with van der Waals surface area (Å²) in [5.41, 5.74) is -0.939. The predicted molar refractivity (Wildman–Crippen MR) is 88.8 cm³/mol. The first kappa shape index (κ1) is 18.1. The van der Waals surface area contributed by atoms with Gasteiger partial charge in [-0.15, -0.1) is 10.2 Å². The number of aromatic nitrogens is 3. The molecule has 1 N–H and O–H groups in total. The van der Waals surface area contributed by atoms with Crippen molar-refractivity contribution in [1.82, 2.24) is 14.8 Å². The van der Waals surface area contributed by atoms with Gasteiger partial charge in [-0.05, 0) is 38.0 Å². The maximum atomic E-state index is 12.8. The van der Waals surface area contributed by atoms with Crippen molar-refractivity contribution in [3.05, 3.63) is 34.6 Å². The van der Waals surface area contributed by atoms with Crippen molar-refractivity contribution >= 4 is 35.0 Å². The maximum absolute atomic E-state index is 12.8. The van der Waals surface area contributed by atoms with E-state index in [0.29, 0.717) is 11.2 Å². The molecule has 1 aliphatic rings. The molecule has 0 bridgehead atoms. The highest BCUT2D eigenvalue weighted by Crippen LogP contribution is 2.38. The first-order chi connectivity index (χ1) is 11.8. The van der Waals surface area contributed by atoms with Crippen LogP contribution in [0.15, 0.2) is 23.4 Å². The van der Waals surface area contributed by atoms with Crippen molar-refractivity contribution in [3.8, 4) is 0 Å². The number of benzene rings is 1. The minimum absolute atomic E-state index is 0.00255. The van der Waals surface area contributed by atoms with E-state index >= 15 is 0 Å². The molecule has 0 saturated heterocycles. The van der Waals surface area contributed by atoms with E-state index in [2.05, 4.69) is 15.5 Å². The summed E-state index contributed by atoms with van der Waals surface area (Å²) in [6.45, 7) is 1.85. The van der Waals surface area contributed by atoms with Crippen LogP contribution < -0.4 is 5.32 Å². The number of carbonyl (C=O) groups excluding carboxylic acids is 1. The highest BCUT2D eigenvalue weighted by molar-refractivity contribution is 7.99. The van der Waals surface area contributed by atoms with Gasteiger partial charge >= 0.3 is 6.18 Å². The SMILES string of the molecule is Cc1nnc(SCC(=O)Nc2cc(C(F)(F)F)ccc2Cl)n1C1CC1. The monoisotopic (exact) mass is 390 g/mol. The van der Waals surface area contributed by atoms with Crippen LogP contribution in [-0.4, -0.2) is 26.4 Å². The van der Waals surface area contributed by atoms with E-state index in [0.717, 1.165) is 36.9 Å². The molecule has 0 radical (unpaired) electrons. The summed E-state index contributed by atoms with van der Waals surface area (Å²) < 4.78 is 40.3. The topological polar surface area (TPSA) is 59.8 Å². The van der Waals surface area contributed by atoms with Crippen LogP contribution in [0.5, 0.6) is 0 Å². The summed E-state index contributed by atoms with van der Waals surface area (Å²) in [5, 5.41) is 11.1. The number of halogens is 4. The molecule has 25 heavy (non-hydrogen) atoms. The van der Waals surface area contributed by atoms with Gasteiger partial charge in [0, 0.05) is 6.04 Å². The Balaban J connectivity index is 1.65. The first-order valence-electron chi connectivity index (χ1n) is 7.46. The second-order valence-corrected chi connectivity index (χ2v) is 7.01. The molecule has 10 heteroatoms. The molecule has 0 aliphatic heterocycles. The van der Waals surface area contributed by atoms with Gasteiger partial charge in [-0.3, -0.25) is 4.79 Å². The zero-order chi connectivity index (χ0) is 18.2. The summed E-state index contributed by atoms with van der Waals surface area (Å²) in [5.74, 6) is 0.317. The summed E-state index contributed by atoms with van der Waals surface area (Å²) >= 11 is 7.06. The first-order valence-corrected chi connectivity index (χ1v) is 8.83. The minimum atomic E-state index is -4.50. The second-order valence-electron chi connectivity index (χ2n) is 5.66. The Morgan fingerprint density at radius 3 is 2.76 bits per heavy atom. The van der Waals surface area contributed by atoms with Crippen LogP contribution in [-0.2, 0) is 11.0 Å². The van der Waals surface area contributed by atoms with Crippen LogP contribution in [0.4, 0.5) is 18.9 Å². The van der Waals surface area contributed by atoms with E-state index in [9.17, 15) is 18.0 Å². The number of amides is 1. The van der Waals surface area contributed by atoms with Crippen LogP contribution in [0.3, 0.4) is 0 Å². The van der Waals surface area contributed by atoms with E-state index in [1.807, 2.05) is 11.5 Å². The Bertz CT molecular complexity index is 805. The van der Waals surface area contributed by atoms with Gasteiger partial charge in [-0.25, -0.2) is 0 Å². The standard InChI is InChI=1S/C15H14ClF3N4OS/c1-8-21-22-14(23(8)10-3-4-10)25-7-13(24)20-12-6-9(15(17,18)19)2-5-11(12)16/h2,5-6,10H,3-4,7H2,1H3,(H,20,24). The lowest BCUT2D eigenvalue weighted by Gasteiger charge is -2.11. The fourth-order valence-electron chi connectivity index (χ4n) is 2.32. The Morgan fingerprint density at radius 2 is 2.12 bits per heavy atom. The summed E-state index contributed by atoms with van der Waals surface area (Å²) in [7, 11) is 0. The van der Waals surface area contributed by atoms with Gasteiger partial charge in [0.1, 0.15) is 5.82 Å². The minimum Gasteiger partial charge on any atom is -0.324 e. The van der Waals surface area contributed by atoms with Crippen LogP contribution in [0.2, 0.25) is 5.02 Å². The highest BCUT2D eigenvalue weighted by atomic mass is 35.5. The van der Waals surface area contributed by atoms with Crippen molar-refractivity contribution in [3.63, 3.8) is 0 Å². The lowest BCUT2D eigenvalue weighted by atomic mass is 10.2. The highest BCUT2D eigenvalue weighted by Gasteiger charge is 2.31. The fourth-order valence-corrected chi connectivity index (χ4v) is 3.33. The third-order valence-corrected chi connectivity index (χ3v) is 4.92. The fraction of sp³-hybridized carbons (Fsp3) is 0.400. The van der Waals surface area contributed by atoms with Gasteiger partial charge in [0.05, 0.1) is 22.0 Å². The third-order valence-electron chi connectivity index (χ3n) is 3.65. The molecule has 0 unspecified atom stereocenters. The zero-order valence-electron chi connectivity index (χ0n) is 13.1. The number of nitrogens with zero attached hydrogens (tertiary/aromatic N) is 3. The molecule has 1 aromatic carbocycles. The Morgan fingerprint density at radius 1 is 1.40 bits per heavy atom. The Hall–Kier alpha value is -1.74. The van der Waals surface area contributed by atoms with E-state index < -0.39 is 17.6 Å². The van der Waals surface area contributed by atoms with Crippen LogP contribution >= 0.6 is 23.4 Å². The summed E-state index contributed by atoms with van der Waals surface area (Å²) in [6, 6.07) is 3.17. The lowest BCUT2D eigenvalue weighted by molar-refractivity contribution is -0.137. The van der Waals surface area contributed by atoms with Crippen LogP contribution in [0.1, 0.15) is 30.3 Å². The van der Waals surface area contributed by atoms with Gasteiger partial charge in [0.15, 0.2) is 5.16 Å². The molecule has 1 aromatic heterocycles. The molecule has 134 valence electrons. The maximum Gasteiger partial charge on any atom is 0.416 e. The van der Waals surface area contributed by atoms with Gasteiger partial charge in [0.2, 0.25) is 5.91 Å². The average molecular weight is 391 g/mol. The number of hydrogen-bond acceptors (Lipinski definition) is 4. The van der Waals surface area contributed by atoms with Crippen LogP contribution in [0.25, 0.3) is 0 Å². The molecule has 1 amide bonds. The number of hydrogen-bond donors (Lipinski definition) is 1. The van der Waals surface area contributed by atoms with Crippen molar-refractivity contribution in [2.24, 2.45) is 0 Å². The molecule has 1 heterocycles. The lowest BCUT2D eigenvalue weighted by Crippen LogP contribution is -2.16.